The lowest BCUT2D eigenvalue weighted by atomic mass is 10.1. The van der Waals surface area contributed by atoms with E-state index in [0.717, 1.165) is 16.0 Å². The molecular formula is C16H14FNO3S. The minimum absolute atomic E-state index is 0.312. The smallest absolute Gasteiger partial charge is 0.329 e. The summed E-state index contributed by atoms with van der Waals surface area (Å²) in [5.41, 5.74) is 0.648. The molecule has 0 radical (unpaired) electrons. The van der Waals surface area contributed by atoms with Crippen LogP contribution >= 0.6 is 11.3 Å². The van der Waals surface area contributed by atoms with Gasteiger partial charge < -0.3 is 10.4 Å². The number of hydrogen-bond donors (Lipinski definition) is 2. The van der Waals surface area contributed by atoms with Crippen molar-refractivity contribution in [2.75, 3.05) is 0 Å². The lowest BCUT2D eigenvalue weighted by Gasteiger charge is -2.10. The number of hydrogen-bond acceptors (Lipinski definition) is 3. The summed E-state index contributed by atoms with van der Waals surface area (Å²) in [5.74, 6) is -1.68. The van der Waals surface area contributed by atoms with E-state index in [1.54, 1.807) is 18.2 Å². The highest BCUT2D eigenvalue weighted by Crippen LogP contribution is 2.37. The van der Waals surface area contributed by atoms with Crippen LogP contribution in [0.5, 0.6) is 0 Å². The molecule has 1 amide bonds. The van der Waals surface area contributed by atoms with Crippen molar-refractivity contribution in [3.8, 4) is 10.4 Å². The first-order valence-corrected chi connectivity index (χ1v) is 7.65. The molecule has 1 heterocycles. The van der Waals surface area contributed by atoms with E-state index in [9.17, 15) is 14.0 Å². The predicted octanol–water partition coefficient (Wildman–Crippen LogP) is 3.21. The Hall–Kier alpha value is -2.21. The van der Waals surface area contributed by atoms with Crippen molar-refractivity contribution in [1.29, 1.82) is 0 Å². The number of benzene rings is 1. The molecule has 1 aliphatic carbocycles. The SMILES string of the molecule is Cc1cc(C(=O)NC2(C(=O)O)CC2)sc1-c1ccc(F)cc1. The van der Waals surface area contributed by atoms with E-state index in [4.69, 9.17) is 5.11 Å². The van der Waals surface area contributed by atoms with E-state index >= 15 is 0 Å². The van der Waals surface area contributed by atoms with Crippen LogP contribution in [0.15, 0.2) is 30.3 Å². The van der Waals surface area contributed by atoms with Gasteiger partial charge in [-0.2, -0.15) is 0 Å². The van der Waals surface area contributed by atoms with Gasteiger partial charge in [0, 0.05) is 4.88 Å². The maximum absolute atomic E-state index is 13.0. The normalized spacial score (nSPS) is 15.4. The molecule has 1 aliphatic rings. The van der Waals surface area contributed by atoms with Gasteiger partial charge in [-0.25, -0.2) is 9.18 Å². The van der Waals surface area contributed by atoms with E-state index < -0.39 is 11.5 Å². The van der Waals surface area contributed by atoms with Crippen molar-refractivity contribution in [3.63, 3.8) is 0 Å². The lowest BCUT2D eigenvalue weighted by molar-refractivity contribution is -0.140. The number of aryl methyl sites for hydroxylation is 1. The largest absolute Gasteiger partial charge is 0.480 e. The summed E-state index contributed by atoms with van der Waals surface area (Å²) in [6.07, 6.45) is 0.923. The molecule has 4 nitrogen and oxygen atoms in total. The van der Waals surface area contributed by atoms with Crippen molar-refractivity contribution >= 4 is 23.2 Å². The van der Waals surface area contributed by atoms with Crippen LogP contribution in [0.2, 0.25) is 0 Å². The van der Waals surface area contributed by atoms with Gasteiger partial charge in [-0.1, -0.05) is 12.1 Å². The molecule has 0 atom stereocenters. The van der Waals surface area contributed by atoms with E-state index in [2.05, 4.69) is 5.32 Å². The van der Waals surface area contributed by atoms with E-state index in [-0.39, 0.29) is 11.7 Å². The van der Waals surface area contributed by atoms with Crippen LogP contribution in [-0.4, -0.2) is 22.5 Å². The standard InChI is InChI=1S/C16H14FNO3S/c1-9-8-12(14(19)18-16(6-7-16)15(20)21)22-13(9)10-2-4-11(17)5-3-10/h2-5,8H,6-7H2,1H3,(H,18,19)(H,20,21). The third-order valence-electron chi connectivity index (χ3n) is 3.76. The quantitative estimate of drug-likeness (QED) is 0.909. The highest BCUT2D eigenvalue weighted by Gasteiger charge is 2.51. The molecule has 0 bridgehead atoms. The van der Waals surface area contributed by atoms with E-state index in [0.29, 0.717) is 17.7 Å². The number of carbonyl (C=O) groups is 2. The molecule has 0 aliphatic heterocycles. The number of rotatable bonds is 4. The summed E-state index contributed by atoms with van der Waals surface area (Å²) in [6, 6.07) is 7.80. The number of thiophene rings is 1. The Morgan fingerprint density at radius 1 is 1.27 bits per heavy atom. The molecule has 0 spiro atoms. The number of carboxylic acid groups (broad SMARTS) is 1. The molecule has 114 valence electrons. The highest BCUT2D eigenvalue weighted by atomic mass is 32.1. The Labute approximate surface area is 130 Å². The van der Waals surface area contributed by atoms with Crippen LogP contribution in [0.4, 0.5) is 4.39 Å². The third kappa shape index (κ3) is 2.62. The fourth-order valence-electron chi connectivity index (χ4n) is 2.28. The van der Waals surface area contributed by atoms with E-state index in [1.807, 2.05) is 6.92 Å². The molecule has 1 fully saturated rings. The summed E-state index contributed by atoms with van der Waals surface area (Å²) in [7, 11) is 0. The zero-order valence-corrected chi connectivity index (χ0v) is 12.7. The fourth-order valence-corrected chi connectivity index (χ4v) is 3.35. The van der Waals surface area contributed by atoms with Crippen molar-refractivity contribution in [3.05, 3.63) is 46.6 Å². The van der Waals surface area contributed by atoms with Gasteiger partial charge in [-0.15, -0.1) is 11.3 Å². The van der Waals surface area contributed by atoms with Gasteiger partial charge in [0.2, 0.25) is 0 Å². The van der Waals surface area contributed by atoms with E-state index in [1.165, 1.54) is 23.5 Å². The van der Waals surface area contributed by atoms with Crippen LogP contribution < -0.4 is 5.32 Å². The molecule has 22 heavy (non-hydrogen) atoms. The Kier molecular flexibility index (Phi) is 3.48. The maximum Gasteiger partial charge on any atom is 0.329 e. The second kappa shape index (κ2) is 5.21. The molecule has 1 saturated carbocycles. The minimum atomic E-state index is -1.09. The summed E-state index contributed by atoms with van der Waals surface area (Å²) >= 11 is 1.28. The maximum atomic E-state index is 13.0. The molecular weight excluding hydrogens is 305 g/mol. The zero-order chi connectivity index (χ0) is 15.9. The fraction of sp³-hybridized carbons (Fsp3) is 0.250. The molecule has 2 N–H and O–H groups in total. The number of nitrogens with one attached hydrogen (secondary N) is 1. The first-order valence-electron chi connectivity index (χ1n) is 6.83. The first-order chi connectivity index (χ1) is 10.4. The Balaban J connectivity index is 1.84. The van der Waals surface area contributed by atoms with Crippen LogP contribution in [0.3, 0.4) is 0 Å². The van der Waals surface area contributed by atoms with Crippen LogP contribution in [-0.2, 0) is 4.79 Å². The van der Waals surface area contributed by atoms with Crippen molar-refractivity contribution < 1.29 is 19.1 Å². The van der Waals surface area contributed by atoms with Gasteiger partial charge in [0.25, 0.3) is 5.91 Å². The molecule has 0 saturated heterocycles. The van der Waals surface area contributed by atoms with Crippen molar-refractivity contribution in [2.45, 2.75) is 25.3 Å². The van der Waals surface area contributed by atoms with Gasteiger partial charge in [0.1, 0.15) is 11.4 Å². The number of carboxylic acids is 1. The Morgan fingerprint density at radius 2 is 1.91 bits per heavy atom. The molecule has 1 aromatic heterocycles. The second-order valence-corrected chi connectivity index (χ2v) is 6.52. The van der Waals surface area contributed by atoms with Gasteiger partial charge in [0.15, 0.2) is 0 Å². The summed E-state index contributed by atoms with van der Waals surface area (Å²) in [5, 5.41) is 11.7. The van der Waals surface area contributed by atoms with Crippen molar-refractivity contribution in [1.82, 2.24) is 5.32 Å². The van der Waals surface area contributed by atoms with Gasteiger partial charge in [-0.3, -0.25) is 4.79 Å². The van der Waals surface area contributed by atoms with Crippen molar-refractivity contribution in [2.24, 2.45) is 0 Å². The molecule has 6 heteroatoms. The number of amides is 1. The first kappa shape index (κ1) is 14.7. The average molecular weight is 319 g/mol. The molecule has 3 rings (SSSR count). The summed E-state index contributed by atoms with van der Waals surface area (Å²) in [6.45, 7) is 1.87. The Bertz CT molecular complexity index is 747. The highest BCUT2D eigenvalue weighted by molar-refractivity contribution is 7.17. The second-order valence-electron chi connectivity index (χ2n) is 5.47. The van der Waals surface area contributed by atoms with Gasteiger partial charge in [0.05, 0.1) is 4.88 Å². The number of halogens is 1. The summed E-state index contributed by atoms with van der Waals surface area (Å²) in [4.78, 5) is 24.7. The van der Waals surface area contributed by atoms with Gasteiger partial charge >= 0.3 is 5.97 Å². The van der Waals surface area contributed by atoms with Crippen LogP contribution in [0.1, 0.15) is 28.1 Å². The zero-order valence-electron chi connectivity index (χ0n) is 11.9. The molecule has 1 aromatic carbocycles. The van der Waals surface area contributed by atoms with Crippen LogP contribution in [0, 0.1) is 12.7 Å². The molecule has 0 unspecified atom stereocenters. The minimum Gasteiger partial charge on any atom is -0.480 e. The van der Waals surface area contributed by atoms with Gasteiger partial charge in [-0.05, 0) is 49.1 Å². The number of aliphatic carboxylic acids is 1. The average Bonchev–Trinajstić information content (AvgIpc) is 3.15. The third-order valence-corrected chi connectivity index (χ3v) is 5.05. The molecule has 2 aromatic rings. The van der Waals surface area contributed by atoms with Crippen LogP contribution in [0.25, 0.3) is 10.4 Å². The monoisotopic (exact) mass is 319 g/mol. The topological polar surface area (TPSA) is 66.4 Å². The Morgan fingerprint density at radius 3 is 2.45 bits per heavy atom. The lowest BCUT2D eigenvalue weighted by Crippen LogP contribution is -2.42. The number of carbonyl (C=O) groups excluding carboxylic acids is 1. The summed E-state index contributed by atoms with van der Waals surface area (Å²) < 4.78 is 13.0. The predicted molar refractivity (Wildman–Crippen MR) is 81.5 cm³/mol.